The third-order valence-electron chi connectivity index (χ3n) is 5.27. The quantitative estimate of drug-likeness (QED) is 0.452. The lowest BCUT2D eigenvalue weighted by molar-refractivity contribution is -0.139. The number of benzene rings is 2. The fourth-order valence-corrected chi connectivity index (χ4v) is 5.13. The number of aromatic nitrogens is 1. The van der Waals surface area contributed by atoms with Gasteiger partial charge in [-0.15, -0.1) is 0 Å². The molecule has 6 nitrogen and oxygen atoms in total. The summed E-state index contributed by atoms with van der Waals surface area (Å²) in [6.07, 6.45) is 1.74. The van der Waals surface area contributed by atoms with Crippen molar-refractivity contribution in [3.8, 4) is 5.75 Å². The van der Waals surface area contributed by atoms with Crippen LogP contribution in [0.5, 0.6) is 5.75 Å². The highest BCUT2D eigenvalue weighted by molar-refractivity contribution is 7.07. The zero-order chi connectivity index (χ0) is 24.4. The highest BCUT2D eigenvalue weighted by Crippen LogP contribution is 2.31. The average Bonchev–Trinajstić information content (AvgIpc) is 3.10. The molecule has 34 heavy (non-hydrogen) atoms. The van der Waals surface area contributed by atoms with Crippen LogP contribution < -0.4 is 19.6 Å². The summed E-state index contributed by atoms with van der Waals surface area (Å²) in [4.78, 5) is 31.6. The molecular formula is C25H22Cl2N2O4S. The summed E-state index contributed by atoms with van der Waals surface area (Å²) in [7, 11) is 0. The minimum Gasteiger partial charge on any atom is -0.494 e. The number of carbonyl (C=O) groups excluding carboxylic acids is 1. The van der Waals surface area contributed by atoms with Crippen LogP contribution in [0.1, 0.15) is 37.9 Å². The van der Waals surface area contributed by atoms with Crippen LogP contribution in [0.4, 0.5) is 0 Å². The summed E-state index contributed by atoms with van der Waals surface area (Å²) in [6.45, 7) is 6.16. The van der Waals surface area contributed by atoms with Crippen LogP contribution in [0.3, 0.4) is 0 Å². The number of nitrogens with zero attached hydrogens (tertiary/aromatic N) is 2. The first-order chi connectivity index (χ1) is 16.3. The molecule has 2 aromatic carbocycles. The molecule has 0 saturated carbocycles. The van der Waals surface area contributed by atoms with Crippen molar-refractivity contribution < 1.29 is 14.3 Å². The number of ether oxygens (including phenoxy) is 2. The number of allylic oxidation sites excluding steroid dienone is 1. The summed E-state index contributed by atoms with van der Waals surface area (Å²) in [5, 5.41) is 0.835. The third-order valence-corrected chi connectivity index (χ3v) is 6.99. The Kier molecular flexibility index (Phi) is 7.26. The van der Waals surface area contributed by atoms with Gasteiger partial charge in [0.25, 0.3) is 5.56 Å². The van der Waals surface area contributed by atoms with Crippen LogP contribution in [0.25, 0.3) is 6.08 Å². The molecule has 0 amide bonds. The van der Waals surface area contributed by atoms with Gasteiger partial charge in [-0.05, 0) is 62.2 Å². The minimum atomic E-state index is -0.679. The Morgan fingerprint density at radius 1 is 1.12 bits per heavy atom. The van der Waals surface area contributed by atoms with Crippen LogP contribution in [0.15, 0.2) is 63.5 Å². The summed E-state index contributed by atoms with van der Waals surface area (Å²) in [5.74, 6) is 0.207. The van der Waals surface area contributed by atoms with Gasteiger partial charge in [0.15, 0.2) is 4.80 Å². The maximum Gasteiger partial charge on any atom is 0.338 e. The van der Waals surface area contributed by atoms with Gasteiger partial charge < -0.3 is 9.47 Å². The predicted octanol–water partition coefficient (Wildman–Crippen LogP) is 4.50. The second-order valence-corrected chi connectivity index (χ2v) is 9.30. The summed E-state index contributed by atoms with van der Waals surface area (Å²) in [6, 6.07) is 11.8. The van der Waals surface area contributed by atoms with E-state index in [-0.39, 0.29) is 12.2 Å². The molecular weight excluding hydrogens is 495 g/mol. The van der Waals surface area contributed by atoms with Crippen molar-refractivity contribution in [2.24, 2.45) is 4.99 Å². The molecule has 0 aliphatic carbocycles. The number of fused-ring (bicyclic) bond motifs is 1. The highest BCUT2D eigenvalue weighted by Gasteiger charge is 2.33. The van der Waals surface area contributed by atoms with Crippen LogP contribution in [0, 0.1) is 0 Å². The topological polar surface area (TPSA) is 69.9 Å². The largest absolute Gasteiger partial charge is 0.494 e. The van der Waals surface area contributed by atoms with Gasteiger partial charge in [-0.25, -0.2) is 9.79 Å². The second kappa shape index (κ2) is 10.2. The standard InChI is InChI=1S/C25H22Cl2N2O4S/c1-4-32-17-9-7-16(8-10-17)22-21(24(31)33-5-2)14(3)28-25-29(22)23(30)20(34-25)13-15-6-11-18(26)19(27)12-15/h6-13,22H,4-5H2,1-3H3/b20-13-/t22-/m0/s1. The molecule has 4 rings (SSSR count). The molecule has 176 valence electrons. The van der Waals surface area contributed by atoms with E-state index in [0.717, 1.165) is 11.1 Å². The second-order valence-electron chi connectivity index (χ2n) is 7.48. The zero-order valence-electron chi connectivity index (χ0n) is 18.8. The van der Waals surface area contributed by atoms with Crippen molar-refractivity contribution in [2.75, 3.05) is 13.2 Å². The van der Waals surface area contributed by atoms with Crippen molar-refractivity contribution in [1.29, 1.82) is 0 Å². The Balaban J connectivity index is 1.91. The summed E-state index contributed by atoms with van der Waals surface area (Å²) in [5.41, 5.74) is 2.07. The van der Waals surface area contributed by atoms with Gasteiger partial charge in [-0.1, -0.05) is 52.7 Å². The van der Waals surface area contributed by atoms with Gasteiger partial charge >= 0.3 is 5.97 Å². The van der Waals surface area contributed by atoms with Crippen molar-refractivity contribution >= 4 is 46.6 Å². The SMILES string of the molecule is CCOC(=O)C1=C(C)N=c2s/c(=C\c3ccc(Cl)c(Cl)c3)c(=O)n2[C@H]1c1ccc(OCC)cc1. The van der Waals surface area contributed by atoms with E-state index in [4.69, 9.17) is 32.7 Å². The van der Waals surface area contributed by atoms with E-state index in [2.05, 4.69) is 4.99 Å². The smallest absolute Gasteiger partial charge is 0.338 e. The Hall–Kier alpha value is -2.87. The van der Waals surface area contributed by atoms with Crippen molar-refractivity contribution in [1.82, 2.24) is 4.57 Å². The molecule has 1 atom stereocenters. The minimum absolute atomic E-state index is 0.216. The van der Waals surface area contributed by atoms with Gasteiger partial charge in [-0.2, -0.15) is 0 Å². The summed E-state index contributed by atoms with van der Waals surface area (Å²) < 4.78 is 12.9. The molecule has 0 N–H and O–H groups in total. The van der Waals surface area contributed by atoms with Crippen molar-refractivity contribution in [3.05, 3.63) is 94.6 Å². The molecule has 3 aromatic rings. The molecule has 0 unspecified atom stereocenters. The number of halogens is 2. The van der Waals surface area contributed by atoms with Crippen molar-refractivity contribution in [3.63, 3.8) is 0 Å². The first-order valence-electron chi connectivity index (χ1n) is 10.7. The Morgan fingerprint density at radius 3 is 2.50 bits per heavy atom. The molecule has 9 heteroatoms. The first kappa shape index (κ1) is 24.3. The van der Waals surface area contributed by atoms with Crippen LogP contribution in [0.2, 0.25) is 10.0 Å². The lowest BCUT2D eigenvalue weighted by Crippen LogP contribution is -2.39. The van der Waals surface area contributed by atoms with Gasteiger partial charge in [-0.3, -0.25) is 9.36 Å². The molecule has 2 heterocycles. The number of hydrogen-bond acceptors (Lipinski definition) is 6. The number of carbonyl (C=O) groups is 1. The van der Waals surface area contributed by atoms with Crippen molar-refractivity contribution in [2.45, 2.75) is 26.8 Å². The molecule has 1 aliphatic heterocycles. The van der Waals surface area contributed by atoms with E-state index in [9.17, 15) is 9.59 Å². The van der Waals surface area contributed by atoms with Gasteiger partial charge in [0.1, 0.15) is 5.75 Å². The first-order valence-corrected chi connectivity index (χ1v) is 12.3. The lowest BCUT2D eigenvalue weighted by Gasteiger charge is -2.24. The van der Waals surface area contributed by atoms with Crippen LogP contribution in [-0.4, -0.2) is 23.8 Å². The number of rotatable bonds is 6. The normalized spacial score (nSPS) is 15.7. The molecule has 0 radical (unpaired) electrons. The van der Waals surface area contributed by atoms with E-state index < -0.39 is 12.0 Å². The zero-order valence-corrected chi connectivity index (χ0v) is 21.1. The molecule has 0 bridgehead atoms. The monoisotopic (exact) mass is 516 g/mol. The van der Waals surface area contributed by atoms with E-state index in [1.807, 2.05) is 31.2 Å². The molecule has 0 spiro atoms. The van der Waals surface area contributed by atoms with Crippen LogP contribution >= 0.6 is 34.5 Å². The van der Waals surface area contributed by atoms with E-state index in [0.29, 0.717) is 43.0 Å². The van der Waals surface area contributed by atoms with Gasteiger partial charge in [0.05, 0.1) is 45.1 Å². The maximum absolute atomic E-state index is 13.6. The third kappa shape index (κ3) is 4.69. The van der Waals surface area contributed by atoms with Gasteiger partial charge in [0, 0.05) is 0 Å². The summed E-state index contributed by atoms with van der Waals surface area (Å²) >= 11 is 13.4. The maximum atomic E-state index is 13.6. The van der Waals surface area contributed by atoms with Crippen LogP contribution in [-0.2, 0) is 9.53 Å². The Labute approximate surface area is 210 Å². The molecule has 1 aliphatic rings. The highest BCUT2D eigenvalue weighted by atomic mass is 35.5. The average molecular weight is 517 g/mol. The van der Waals surface area contributed by atoms with Gasteiger partial charge in [0.2, 0.25) is 0 Å². The molecule has 0 saturated heterocycles. The lowest BCUT2D eigenvalue weighted by atomic mass is 9.96. The Bertz CT molecular complexity index is 1460. The number of hydrogen-bond donors (Lipinski definition) is 0. The van der Waals surface area contributed by atoms with E-state index in [1.165, 1.54) is 11.3 Å². The van der Waals surface area contributed by atoms with E-state index in [1.54, 1.807) is 42.7 Å². The van der Waals surface area contributed by atoms with E-state index >= 15 is 0 Å². The predicted molar refractivity (Wildman–Crippen MR) is 134 cm³/mol. The molecule has 0 fully saturated rings. The number of esters is 1. The molecule has 1 aromatic heterocycles. The Morgan fingerprint density at radius 2 is 1.85 bits per heavy atom. The fraction of sp³-hybridized carbons (Fsp3) is 0.240. The number of thiazole rings is 1. The fourth-order valence-electron chi connectivity index (χ4n) is 3.77.